The van der Waals surface area contributed by atoms with E-state index in [1.807, 2.05) is 17.0 Å². The fourth-order valence-electron chi connectivity index (χ4n) is 7.10. The molecule has 4 fully saturated rings. The number of methoxy groups -OCH3 is 1. The second-order valence-corrected chi connectivity index (χ2v) is 8.87. The zero-order chi connectivity index (χ0) is 19.2. The van der Waals surface area contributed by atoms with Crippen LogP contribution in [0.3, 0.4) is 0 Å². The number of hydrogen-bond acceptors (Lipinski definition) is 5. The zero-order valence-electron chi connectivity index (χ0n) is 16.3. The molecule has 3 saturated heterocycles. The van der Waals surface area contributed by atoms with Crippen LogP contribution in [0.1, 0.15) is 25.3 Å². The number of carbonyl (C=O) groups is 1. The summed E-state index contributed by atoms with van der Waals surface area (Å²) in [5.41, 5.74) is 3.51. The third-order valence-corrected chi connectivity index (χ3v) is 8.15. The van der Waals surface area contributed by atoms with Crippen LogP contribution in [0.15, 0.2) is 29.8 Å². The summed E-state index contributed by atoms with van der Waals surface area (Å²) in [6.45, 7) is 4.60. The van der Waals surface area contributed by atoms with E-state index in [2.05, 4.69) is 24.0 Å². The van der Waals surface area contributed by atoms with Crippen molar-refractivity contribution in [1.82, 2.24) is 4.90 Å². The molecule has 1 aromatic rings. The molecule has 5 aliphatic rings. The SMILES string of the molecule is CC=C1CN2CC[C@]34c5cc(OC)ccc5N5C(=O)[C@@H](O)OC[C@H]([C@H]53)[C@H]1C[C@H]24. The minimum Gasteiger partial charge on any atom is -0.497 e. The Morgan fingerprint density at radius 3 is 3.04 bits per heavy atom. The molecule has 2 bridgehead atoms. The fourth-order valence-corrected chi connectivity index (χ4v) is 7.10. The number of aliphatic hydroxyl groups is 1. The van der Waals surface area contributed by atoms with Crippen LogP contribution >= 0.6 is 0 Å². The molecule has 0 unspecified atom stereocenters. The maximum Gasteiger partial charge on any atom is 0.284 e. The molecule has 148 valence electrons. The number of anilines is 1. The number of aliphatic hydroxyl groups excluding tert-OH is 1. The van der Waals surface area contributed by atoms with Crippen LogP contribution in [-0.2, 0) is 14.9 Å². The predicted octanol–water partition coefficient (Wildman–Crippen LogP) is 1.67. The number of carbonyl (C=O) groups excluding carboxylic acids is 1. The average Bonchev–Trinajstić information content (AvgIpc) is 3.21. The highest BCUT2D eigenvalue weighted by Crippen LogP contribution is 2.64. The summed E-state index contributed by atoms with van der Waals surface area (Å²) in [5.74, 6) is 1.11. The molecular weight excluding hydrogens is 356 g/mol. The van der Waals surface area contributed by atoms with Crippen molar-refractivity contribution < 1.29 is 19.4 Å². The second kappa shape index (κ2) is 5.59. The van der Waals surface area contributed by atoms with Crippen LogP contribution in [0.4, 0.5) is 5.69 Å². The molecule has 4 heterocycles. The van der Waals surface area contributed by atoms with Crippen LogP contribution in [0.25, 0.3) is 0 Å². The summed E-state index contributed by atoms with van der Waals surface area (Å²) >= 11 is 0. The molecule has 28 heavy (non-hydrogen) atoms. The molecule has 6 nitrogen and oxygen atoms in total. The van der Waals surface area contributed by atoms with Crippen molar-refractivity contribution in [3.05, 3.63) is 35.4 Å². The van der Waals surface area contributed by atoms with E-state index in [0.29, 0.717) is 18.6 Å². The van der Waals surface area contributed by atoms with E-state index in [4.69, 9.17) is 9.47 Å². The molecule has 6 atom stereocenters. The van der Waals surface area contributed by atoms with E-state index in [-0.39, 0.29) is 23.3 Å². The van der Waals surface area contributed by atoms with Gasteiger partial charge in [0, 0.05) is 29.6 Å². The number of benzene rings is 1. The number of amides is 1. The molecule has 1 aliphatic carbocycles. The second-order valence-electron chi connectivity index (χ2n) is 8.87. The molecule has 6 heteroatoms. The predicted molar refractivity (Wildman–Crippen MR) is 103 cm³/mol. The molecule has 1 N–H and O–H groups in total. The van der Waals surface area contributed by atoms with Crippen molar-refractivity contribution in [1.29, 1.82) is 0 Å². The molecule has 1 spiro atoms. The summed E-state index contributed by atoms with van der Waals surface area (Å²) < 4.78 is 11.2. The van der Waals surface area contributed by atoms with Gasteiger partial charge in [0.15, 0.2) is 0 Å². The minimum absolute atomic E-state index is 0.0308. The molecule has 1 aromatic carbocycles. The third kappa shape index (κ3) is 1.82. The quantitative estimate of drug-likeness (QED) is 0.749. The van der Waals surface area contributed by atoms with Gasteiger partial charge in [-0.1, -0.05) is 11.6 Å². The van der Waals surface area contributed by atoms with Gasteiger partial charge in [0.05, 0.1) is 19.8 Å². The molecule has 1 saturated carbocycles. The summed E-state index contributed by atoms with van der Waals surface area (Å²) in [6.07, 6.45) is 2.99. The maximum absolute atomic E-state index is 13.2. The van der Waals surface area contributed by atoms with E-state index in [9.17, 15) is 9.90 Å². The molecule has 1 amide bonds. The van der Waals surface area contributed by atoms with Crippen molar-refractivity contribution in [3.8, 4) is 5.75 Å². The highest BCUT2D eigenvalue weighted by molar-refractivity contribution is 6.00. The van der Waals surface area contributed by atoms with Gasteiger partial charge >= 0.3 is 0 Å². The average molecular weight is 382 g/mol. The number of fused-ring (bicyclic) bond motifs is 4. The minimum atomic E-state index is -1.39. The Hall–Kier alpha value is -1.89. The van der Waals surface area contributed by atoms with Crippen LogP contribution in [0, 0.1) is 11.8 Å². The van der Waals surface area contributed by atoms with Gasteiger partial charge in [0.25, 0.3) is 5.91 Å². The summed E-state index contributed by atoms with van der Waals surface area (Å²) in [4.78, 5) is 17.7. The highest BCUT2D eigenvalue weighted by atomic mass is 16.6. The Balaban J connectivity index is 1.63. The van der Waals surface area contributed by atoms with Crippen molar-refractivity contribution in [3.63, 3.8) is 0 Å². The largest absolute Gasteiger partial charge is 0.497 e. The standard InChI is InChI=1S/C22H26N2O4/c1-3-12-10-23-7-6-22-16-8-13(27-2)4-5-17(16)24-19(22)15(14(12)9-18(22)23)11-28-21(26)20(24)25/h3-5,8,14-15,18-19,21,26H,6-7,9-11H2,1-2H3/t14-,15-,18-,19-,21-,22+/m0/s1. The summed E-state index contributed by atoms with van der Waals surface area (Å²) in [5, 5.41) is 10.4. The zero-order valence-corrected chi connectivity index (χ0v) is 16.3. The van der Waals surface area contributed by atoms with Gasteiger partial charge in [0.2, 0.25) is 6.29 Å². The van der Waals surface area contributed by atoms with Gasteiger partial charge in [-0.2, -0.15) is 0 Å². The van der Waals surface area contributed by atoms with Crippen molar-refractivity contribution >= 4 is 11.6 Å². The van der Waals surface area contributed by atoms with Gasteiger partial charge < -0.3 is 19.5 Å². The maximum atomic E-state index is 13.2. The van der Waals surface area contributed by atoms with E-state index in [1.54, 1.807) is 7.11 Å². The Morgan fingerprint density at radius 2 is 2.25 bits per heavy atom. The number of nitrogens with zero attached hydrogens (tertiary/aromatic N) is 2. The van der Waals surface area contributed by atoms with Gasteiger partial charge in [-0.25, -0.2) is 0 Å². The number of hydrogen-bond donors (Lipinski definition) is 1. The van der Waals surface area contributed by atoms with Gasteiger partial charge in [-0.3, -0.25) is 9.69 Å². The lowest BCUT2D eigenvalue weighted by atomic mass is 9.55. The van der Waals surface area contributed by atoms with E-state index in [1.165, 1.54) is 11.1 Å². The topological polar surface area (TPSA) is 62.2 Å². The molecule has 0 aromatic heterocycles. The van der Waals surface area contributed by atoms with Crippen molar-refractivity contribution in [2.24, 2.45) is 11.8 Å². The van der Waals surface area contributed by atoms with Crippen molar-refractivity contribution in [2.75, 3.05) is 31.7 Å². The lowest BCUT2D eigenvalue weighted by Crippen LogP contribution is -2.65. The first-order valence-electron chi connectivity index (χ1n) is 10.3. The highest BCUT2D eigenvalue weighted by Gasteiger charge is 2.69. The molecular formula is C22H26N2O4. The monoisotopic (exact) mass is 382 g/mol. The molecule has 6 rings (SSSR count). The van der Waals surface area contributed by atoms with Gasteiger partial charge in [-0.15, -0.1) is 0 Å². The molecule has 4 aliphatic heterocycles. The Morgan fingerprint density at radius 1 is 1.39 bits per heavy atom. The van der Waals surface area contributed by atoms with E-state index < -0.39 is 6.29 Å². The number of rotatable bonds is 1. The lowest BCUT2D eigenvalue weighted by molar-refractivity contribution is -0.154. The normalized spacial score (nSPS) is 42.4. The summed E-state index contributed by atoms with van der Waals surface area (Å²) in [7, 11) is 1.69. The Labute approximate surface area is 164 Å². The first-order chi connectivity index (χ1) is 13.6. The molecule has 0 radical (unpaired) electrons. The lowest BCUT2D eigenvalue weighted by Gasteiger charge is -2.55. The fraction of sp³-hybridized carbons (Fsp3) is 0.591. The number of allylic oxidation sites excluding steroid dienone is 1. The number of ether oxygens (including phenoxy) is 2. The van der Waals surface area contributed by atoms with Crippen LogP contribution in [0.2, 0.25) is 0 Å². The number of piperidine rings is 1. The first-order valence-corrected chi connectivity index (χ1v) is 10.3. The van der Waals surface area contributed by atoms with Gasteiger partial charge in [0.1, 0.15) is 5.75 Å². The van der Waals surface area contributed by atoms with E-state index >= 15 is 0 Å². The Bertz CT molecular complexity index is 899. The third-order valence-electron chi connectivity index (χ3n) is 8.15. The van der Waals surface area contributed by atoms with Gasteiger partial charge in [-0.05, 0) is 56.0 Å². The van der Waals surface area contributed by atoms with Crippen molar-refractivity contribution in [2.45, 2.75) is 43.6 Å². The van der Waals surface area contributed by atoms with Crippen LogP contribution in [-0.4, -0.2) is 61.1 Å². The summed E-state index contributed by atoms with van der Waals surface area (Å²) in [6, 6.07) is 6.50. The van der Waals surface area contributed by atoms with Crippen LogP contribution in [0.5, 0.6) is 5.75 Å². The smallest absolute Gasteiger partial charge is 0.284 e. The van der Waals surface area contributed by atoms with Crippen LogP contribution < -0.4 is 9.64 Å². The Kier molecular flexibility index (Phi) is 3.39. The first kappa shape index (κ1) is 17.0. The van der Waals surface area contributed by atoms with E-state index in [0.717, 1.165) is 37.4 Å².